The minimum absolute atomic E-state index is 0.185. The van der Waals surface area contributed by atoms with Crippen molar-refractivity contribution in [3.63, 3.8) is 0 Å². The number of nitrogens with one attached hydrogen (secondary N) is 2. The van der Waals surface area contributed by atoms with Crippen LogP contribution in [-0.4, -0.2) is 39.5 Å². The van der Waals surface area contributed by atoms with Crippen LogP contribution in [0.1, 0.15) is 40.4 Å². The van der Waals surface area contributed by atoms with Crippen molar-refractivity contribution in [2.75, 3.05) is 17.6 Å². The molecule has 0 saturated heterocycles. The Hall–Kier alpha value is -2.74. The molecule has 1 aliphatic carbocycles. The lowest BCUT2D eigenvalue weighted by atomic mass is 9.90. The molecule has 142 valence electrons. The summed E-state index contributed by atoms with van der Waals surface area (Å²) in [4.78, 5) is 24.1. The van der Waals surface area contributed by atoms with E-state index in [4.69, 9.17) is 22.4 Å². The molecule has 0 unspecified atom stereocenters. The molecule has 0 bridgehead atoms. The zero-order valence-electron chi connectivity index (χ0n) is 14.5. The molecule has 1 amide bonds. The third kappa shape index (κ3) is 3.10. The lowest BCUT2D eigenvalue weighted by Crippen LogP contribution is -2.37. The quantitative estimate of drug-likeness (QED) is 0.625. The number of amides is 1. The largest absolute Gasteiger partial charge is 0.465 e. The first-order valence-electron chi connectivity index (χ1n) is 8.88. The number of rotatable bonds is 2. The number of nitrogens with zero attached hydrogens (tertiary/aromatic N) is 2. The van der Waals surface area contributed by atoms with Crippen molar-refractivity contribution < 1.29 is 14.7 Å². The molecule has 2 atom stereocenters. The van der Waals surface area contributed by atoms with Gasteiger partial charge < -0.3 is 21.5 Å². The van der Waals surface area contributed by atoms with Crippen molar-refractivity contribution in [2.24, 2.45) is 0 Å². The minimum Gasteiger partial charge on any atom is -0.465 e. The van der Waals surface area contributed by atoms with Gasteiger partial charge in [0.15, 0.2) is 0 Å². The van der Waals surface area contributed by atoms with Crippen LogP contribution in [0.2, 0.25) is 5.02 Å². The van der Waals surface area contributed by atoms with Crippen LogP contribution in [0.4, 0.5) is 16.3 Å². The van der Waals surface area contributed by atoms with E-state index in [0.717, 1.165) is 22.5 Å². The van der Waals surface area contributed by atoms with Crippen molar-refractivity contribution >= 4 is 35.1 Å². The maximum absolute atomic E-state index is 13.2. The third-order valence-electron chi connectivity index (χ3n) is 5.28. The van der Waals surface area contributed by atoms with E-state index in [0.29, 0.717) is 43.1 Å². The predicted molar refractivity (Wildman–Crippen MR) is 102 cm³/mol. The fraction of sp³-hybridized carbons (Fsp3) is 0.389. The van der Waals surface area contributed by atoms with E-state index >= 15 is 0 Å². The maximum atomic E-state index is 13.2. The zero-order chi connectivity index (χ0) is 19.1. The molecule has 1 aromatic carbocycles. The summed E-state index contributed by atoms with van der Waals surface area (Å²) in [7, 11) is 0. The van der Waals surface area contributed by atoms with E-state index in [9.17, 15) is 9.59 Å². The number of nitrogens with two attached hydrogens (primary N) is 1. The zero-order valence-corrected chi connectivity index (χ0v) is 15.3. The summed E-state index contributed by atoms with van der Waals surface area (Å²) < 4.78 is 1.29. The number of para-hydroxylation sites is 1. The number of hydrogen-bond donors (Lipinski definition) is 4. The monoisotopic (exact) mass is 389 g/mol. The number of halogens is 1. The summed E-state index contributed by atoms with van der Waals surface area (Å²) in [6.45, 7) is 0.638. The average molecular weight is 390 g/mol. The number of carbonyl (C=O) groups is 2. The molecular weight excluding hydrogens is 370 g/mol. The van der Waals surface area contributed by atoms with Crippen LogP contribution in [-0.2, 0) is 12.8 Å². The van der Waals surface area contributed by atoms with Crippen LogP contribution >= 0.6 is 11.6 Å². The fourth-order valence-corrected chi connectivity index (χ4v) is 4.23. The Bertz CT molecular complexity index is 926. The van der Waals surface area contributed by atoms with Gasteiger partial charge in [-0.2, -0.15) is 9.78 Å². The first-order valence-corrected chi connectivity index (χ1v) is 9.25. The van der Waals surface area contributed by atoms with Crippen molar-refractivity contribution in [1.82, 2.24) is 15.1 Å². The van der Waals surface area contributed by atoms with E-state index in [1.807, 2.05) is 12.1 Å². The van der Waals surface area contributed by atoms with Gasteiger partial charge in [-0.15, -0.1) is 0 Å². The summed E-state index contributed by atoms with van der Waals surface area (Å²) in [5, 5.41) is 19.7. The van der Waals surface area contributed by atoms with E-state index < -0.39 is 6.09 Å². The summed E-state index contributed by atoms with van der Waals surface area (Å²) in [6.07, 6.45) is 1.22. The van der Waals surface area contributed by atoms with Crippen LogP contribution < -0.4 is 16.4 Å². The summed E-state index contributed by atoms with van der Waals surface area (Å²) >= 11 is 6.25. The average Bonchev–Trinajstić information content (AvgIpc) is 2.97. The highest BCUT2D eigenvalue weighted by molar-refractivity contribution is 6.33. The van der Waals surface area contributed by atoms with Gasteiger partial charge in [-0.1, -0.05) is 23.7 Å². The van der Waals surface area contributed by atoms with E-state index in [-0.39, 0.29) is 17.9 Å². The first-order chi connectivity index (χ1) is 13.0. The van der Waals surface area contributed by atoms with E-state index in [1.165, 1.54) is 4.68 Å². The molecule has 8 nitrogen and oxygen atoms in total. The third-order valence-corrected chi connectivity index (χ3v) is 5.59. The van der Waals surface area contributed by atoms with Gasteiger partial charge in [-0.05, 0) is 37.3 Å². The molecule has 0 radical (unpaired) electrons. The van der Waals surface area contributed by atoms with Gasteiger partial charge in [0.25, 0.3) is 5.91 Å². The molecule has 2 heterocycles. The molecule has 0 saturated carbocycles. The Balaban J connectivity index is 1.65. The first kappa shape index (κ1) is 17.7. The predicted octanol–water partition coefficient (Wildman–Crippen LogP) is 2.48. The molecule has 2 aromatic rings. The molecule has 1 aliphatic heterocycles. The summed E-state index contributed by atoms with van der Waals surface area (Å²) in [6, 6.07) is 5.29. The summed E-state index contributed by atoms with van der Waals surface area (Å²) in [5.41, 5.74) is 9.39. The number of aryl methyl sites for hydroxylation is 1. The highest BCUT2D eigenvalue weighted by atomic mass is 35.5. The van der Waals surface area contributed by atoms with E-state index in [2.05, 4.69) is 15.7 Å². The van der Waals surface area contributed by atoms with Gasteiger partial charge >= 0.3 is 6.09 Å². The van der Waals surface area contributed by atoms with Crippen molar-refractivity contribution in [2.45, 2.75) is 37.6 Å². The lowest BCUT2D eigenvalue weighted by Gasteiger charge is -2.26. The van der Waals surface area contributed by atoms with Gasteiger partial charge in [-0.25, -0.2) is 4.79 Å². The number of fused-ring (bicyclic) bond motifs is 2. The van der Waals surface area contributed by atoms with Crippen molar-refractivity contribution in [3.05, 3.63) is 40.0 Å². The number of carboxylic acid groups (broad SMARTS) is 1. The molecule has 1 aromatic heterocycles. The van der Waals surface area contributed by atoms with Crippen molar-refractivity contribution in [1.29, 1.82) is 0 Å². The second kappa shape index (κ2) is 6.77. The number of aromatic nitrogens is 2. The van der Waals surface area contributed by atoms with Gasteiger partial charge in [0.05, 0.1) is 22.3 Å². The van der Waals surface area contributed by atoms with Crippen LogP contribution in [0.15, 0.2) is 18.2 Å². The standard InChI is InChI=1S/C18H20ClN5O3/c19-13-3-1-2-10-11(6-7-21-15(10)13)17(25)24-16(20)12-8-9(22-18(26)27)4-5-14(12)23-24/h1-3,9,11,21-22H,4-8,20H2,(H,26,27)/t9-,11-/m0/s1. The Morgan fingerprint density at radius 2 is 2.19 bits per heavy atom. The smallest absolute Gasteiger partial charge is 0.404 e. The highest BCUT2D eigenvalue weighted by Crippen LogP contribution is 2.38. The van der Waals surface area contributed by atoms with E-state index in [1.54, 1.807) is 6.07 Å². The SMILES string of the molecule is Nc1c2c(nn1C(=O)[C@H]1CCNc3c(Cl)cccc31)CC[C@H](NC(=O)O)C2. The number of benzene rings is 1. The maximum Gasteiger partial charge on any atom is 0.404 e. The van der Waals surface area contributed by atoms with Crippen LogP contribution in [0.25, 0.3) is 0 Å². The molecule has 4 rings (SSSR count). The van der Waals surface area contributed by atoms with Crippen LogP contribution in [0, 0.1) is 0 Å². The highest BCUT2D eigenvalue weighted by Gasteiger charge is 2.33. The van der Waals surface area contributed by atoms with Gasteiger partial charge in [-0.3, -0.25) is 4.79 Å². The molecule has 9 heteroatoms. The van der Waals surface area contributed by atoms with Gasteiger partial charge in [0.1, 0.15) is 5.82 Å². The number of carbonyl (C=O) groups excluding carboxylic acids is 1. The van der Waals surface area contributed by atoms with Crippen LogP contribution in [0.3, 0.4) is 0 Å². The molecule has 0 spiro atoms. The lowest BCUT2D eigenvalue weighted by molar-refractivity contribution is 0.0859. The molecule has 5 N–H and O–H groups in total. The Morgan fingerprint density at radius 3 is 2.96 bits per heavy atom. The van der Waals surface area contributed by atoms with Crippen molar-refractivity contribution in [3.8, 4) is 0 Å². The number of nitrogen functional groups attached to an aromatic ring is 1. The molecule has 27 heavy (non-hydrogen) atoms. The molecule has 0 fully saturated rings. The second-order valence-electron chi connectivity index (χ2n) is 6.92. The normalized spacial score (nSPS) is 20.9. The van der Waals surface area contributed by atoms with Crippen LogP contribution in [0.5, 0.6) is 0 Å². The fourth-order valence-electron chi connectivity index (χ4n) is 3.98. The van der Waals surface area contributed by atoms with Gasteiger partial charge in [0, 0.05) is 18.2 Å². The topological polar surface area (TPSA) is 122 Å². The summed E-state index contributed by atoms with van der Waals surface area (Å²) in [5.74, 6) is -0.264. The Kier molecular flexibility index (Phi) is 4.43. The van der Waals surface area contributed by atoms with Gasteiger partial charge in [0.2, 0.25) is 0 Å². The number of anilines is 2. The Labute approximate surface area is 160 Å². The number of hydrogen-bond acceptors (Lipinski definition) is 5. The second-order valence-corrected chi connectivity index (χ2v) is 7.33. The Morgan fingerprint density at radius 1 is 1.37 bits per heavy atom. The molecule has 2 aliphatic rings. The minimum atomic E-state index is -1.06. The molecular formula is C18H20ClN5O3.